The summed E-state index contributed by atoms with van der Waals surface area (Å²) in [6.45, 7) is 5.94. The van der Waals surface area contributed by atoms with E-state index in [1.165, 1.54) is 0 Å². The maximum absolute atomic E-state index is 11.5. The normalized spacial score (nSPS) is 22.2. The third-order valence-corrected chi connectivity index (χ3v) is 2.86. The van der Waals surface area contributed by atoms with Gasteiger partial charge >= 0.3 is 11.9 Å². The molecule has 1 aliphatic heterocycles. The van der Waals surface area contributed by atoms with E-state index in [1.807, 2.05) is 0 Å². The van der Waals surface area contributed by atoms with Crippen LogP contribution in [-0.4, -0.2) is 24.6 Å². The summed E-state index contributed by atoms with van der Waals surface area (Å²) in [5.74, 6) is -0.749. The number of hydrogen-bond donors (Lipinski definition) is 0. The van der Waals surface area contributed by atoms with Gasteiger partial charge in [0.15, 0.2) is 0 Å². The summed E-state index contributed by atoms with van der Waals surface area (Å²) in [6, 6.07) is 0. The topological polar surface area (TPSA) is 52.6 Å². The van der Waals surface area contributed by atoms with Gasteiger partial charge in [-0.15, -0.1) is 0 Å². The summed E-state index contributed by atoms with van der Waals surface area (Å²) in [6.07, 6.45) is 3.53. The maximum Gasteiger partial charge on any atom is 0.348 e. The van der Waals surface area contributed by atoms with E-state index >= 15 is 0 Å². The quantitative estimate of drug-likeness (QED) is 0.516. The van der Waals surface area contributed by atoms with Crippen molar-refractivity contribution in [1.29, 1.82) is 0 Å². The highest BCUT2D eigenvalue weighted by Gasteiger charge is 2.55. The zero-order valence-corrected chi connectivity index (χ0v) is 10.2. The van der Waals surface area contributed by atoms with Crippen molar-refractivity contribution in [3.8, 4) is 0 Å². The lowest BCUT2D eigenvalue weighted by molar-refractivity contribution is -0.212. The molecule has 0 unspecified atom stereocenters. The van der Waals surface area contributed by atoms with E-state index < -0.39 is 17.5 Å². The zero-order valence-electron chi connectivity index (χ0n) is 10.2. The highest BCUT2D eigenvalue weighted by atomic mass is 16.6. The van der Waals surface area contributed by atoms with E-state index in [-0.39, 0.29) is 5.97 Å². The Morgan fingerprint density at radius 1 is 1.38 bits per heavy atom. The van der Waals surface area contributed by atoms with E-state index in [4.69, 9.17) is 9.47 Å². The van der Waals surface area contributed by atoms with Crippen molar-refractivity contribution in [3.05, 3.63) is 0 Å². The first-order valence-corrected chi connectivity index (χ1v) is 5.88. The minimum atomic E-state index is -0.722. The molecule has 1 saturated heterocycles. The third kappa shape index (κ3) is 2.74. The highest BCUT2D eigenvalue weighted by Crippen LogP contribution is 2.36. The van der Waals surface area contributed by atoms with Crippen LogP contribution in [0.4, 0.5) is 0 Å². The van der Waals surface area contributed by atoms with Crippen LogP contribution in [-0.2, 0) is 19.1 Å². The van der Waals surface area contributed by atoms with Gasteiger partial charge in [-0.2, -0.15) is 0 Å². The molecule has 0 saturated carbocycles. The first-order chi connectivity index (χ1) is 7.50. The fourth-order valence-electron chi connectivity index (χ4n) is 1.58. The molecule has 1 aliphatic rings. The van der Waals surface area contributed by atoms with Crippen molar-refractivity contribution in [1.82, 2.24) is 0 Å². The number of rotatable bonds is 6. The fourth-order valence-corrected chi connectivity index (χ4v) is 1.58. The van der Waals surface area contributed by atoms with Crippen LogP contribution >= 0.6 is 0 Å². The average molecular weight is 228 g/mol. The van der Waals surface area contributed by atoms with E-state index in [9.17, 15) is 9.59 Å². The molecule has 1 rings (SSSR count). The lowest BCUT2D eigenvalue weighted by atomic mass is 9.81. The number of carbonyl (C=O) groups is 2. The zero-order chi connectivity index (χ0) is 12.2. The van der Waals surface area contributed by atoms with E-state index in [1.54, 1.807) is 13.8 Å². The Labute approximate surface area is 96.3 Å². The minimum Gasteiger partial charge on any atom is -0.463 e. The summed E-state index contributed by atoms with van der Waals surface area (Å²) in [4.78, 5) is 22.6. The second-order valence-electron chi connectivity index (χ2n) is 4.74. The summed E-state index contributed by atoms with van der Waals surface area (Å²) >= 11 is 0. The lowest BCUT2D eigenvalue weighted by Crippen LogP contribution is -2.57. The molecule has 0 N–H and O–H groups in total. The molecule has 0 aliphatic carbocycles. The van der Waals surface area contributed by atoms with Gasteiger partial charge in [-0.05, 0) is 20.3 Å². The molecule has 1 fully saturated rings. The summed E-state index contributed by atoms with van der Waals surface area (Å²) in [5.41, 5.74) is -0.722. The number of hydrogen-bond acceptors (Lipinski definition) is 4. The van der Waals surface area contributed by atoms with Crippen LogP contribution < -0.4 is 0 Å². The smallest absolute Gasteiger partial charge is 0.348 e. The third-order valence-electron chi connectivity index (χ3n) is 2.86. The molecule has 0 aromatic rings. The highest BCUT2D eigenvalue weighted by molar-refractivity contribution is 5.94. The minimum absolute atomic E-state index is 0.333. The van der Waals surface area contributed by atoms with Crippen LogP contribution in [0, 0.1) is 5.41 Å². The van der Waals surface area contributed by atoms with Gasteiger partial charge in [0.1, 0.15) is 5.41 Å². The molecule has 4 heteroatoms. The SMILES string of the molecule is CCCCCCOC(=O)[C@H]1OC(=O)C1(C)C. The van der Waals surface area contributed by atoms with Gasteiger partial charge in [0.2, 0.25) is 6.10 Å². The van der Waals surface area contributed by atoms with Gasteiger partial charge < -0.3 is 9.47 Å². The molecule has 0 bridgehead atoms. The lowest BCUT2D eigenvalue weighted by Gasteiger charge is -2.39. The van der Waals surface area contributed by atoms with Gasteiger partial charge in [0, 0.05) is 0 Å². The molecular formula is C12H20O4. The second-order valence-corrected chi connectivity index (χ2v) is 4.74. The van der Waals surface area contributed by atoms with Crippen LogP contribution in [0.5, 0.6) is 0 Å². The van der Waals surface area contributed by atoms with Crippen LogP contribution in [0.3, 0.4) is 0 Å². The Hall–Kier alpha value is -1.06. The Kier molecular flexibility index (Phi) is 4.33. The van der Waals surface area contributed by atoms with Crippen molar-refractivity contribution < 1.29 is 19.1 Å². The molecule has 0 spiro atoms. The molecular weight excluding hydrogens is 208 g/mol. The van der Waals surface area contributed by atoms with Crippen molar-refractivity contribution in [2.45, 2.75) is 52.6 Å². The number of cyclic esters (lactones) is 1. The van der Waals surface area contributed by atoms with E-state index in [2.05, 4.69) is 6.92 Å². The predicted molar refractivity (Wildman–Crippen MR) is 58.8 cm³/mol. The van der Waals surface area contributed by atoms with Crippen molar-refractivity contribution in [2.75, 3.05) is 6.61 Å². The molecule has 1 atom stereocenters. The van der Waals surface area contributed by atoms with E-state index in [0.29, 0.717) is 6.61 Å². The molecule has 0 amide bonds. The van der Waals surface area contributed by atoms with Crippen molar-refractivity contribution >= 4 is 11.9 Å². The van der Waals surface area contributed by atoms with Gasteiger partial charge in [0.25, 0.3) is 0 Å². The summed E-state index contributed by atoms with van der Waals surface area (Å²) in [7, 11) is 0. The van der Waals surface area contributed by atoms with Gasteiger partial charge in [0.05, 0.1) is 6.61 Å². The monoisotopic (exact) mass is 228 g/mol. The first kappa shape index (κ1) is 13.0. The molecule has 0 aromatic heterocycles. The van der Waals surface area contributed by atoms with Crippen LogP contribution in [0.2, 0.25) is 0 Å². The number of unbranched alkanes of at least 4 members (excludes halogenated alkanes) is 3. The van der Waals surface area contributed by atoms with Gasteiger partial charge in [-0.25, -0.2) is 4.79 Å². The van der Waals surface area contributed by atoms with Crippen molar-refractivity contribution in [3.63, 3.8) is 0 Å². The Balaban J connectivity index is 2.19. The molecule has 0 aromatic carbocycles. The molecule has 0 radical (unpaired) electrons. The van der Waals surface area contributed by atoms with Crippen LogP contribution in [0.25, 0.3) is 0 Å². The molecule has 16 heavy (non-hydrogen) atoms. The second kappa shape index (κ2) is 5.32. The fraction of sp³-hybridized carbons (Fsp3) is 0.833. The molecule has 4 nitrogen and oxygen atoms in total. The molecule has 1 heterocycles. The van der Waals surface area contributed by atoms with E-state index in [0.717, 1.165) is 25.7 Å². The Morgan fingerprint density at radius 3 is 2.56 bits per heavy atom. The van der Waals surface area contributed by atoms with Crippen LogP contribution in [0.15, 0.2) is 0 Å². The van der Waals surface area contributed by atoms with Crippen molar-refractivity contribution in [2.24, 2.45) is 5.41 Å². The van der Waals surface area contributed by atoms with Gasteiger partial charge in [-0.1, -0.05) is 26.2 Å². The first-order valence-electron chi connectivity index (χ1n) is 5.88. The Morgan fingerprint density at radius 2 is 2.06 bits per heavy atom. The van der Waals surface area contributed by atoms with Crippen LogP contribution in [0.1, 0.15) is 46.5 Å². The number of carbonyl (C=O) groups excluding carboxylic acids is 2. The Bertz CT molecular complexity index is 270. The van der Waals surface area contributed by atoms with Gasteiger partial charge in [-0.3, -0.25) is 4.79 Å². The largest absolute Gasteiger partial charge is 0.463 e. The summed E-state index contributed by atoms with van der Waals surface area (Å²) < 4.78 is 9.84. The predicted octanol–water partition coefficient (Wildman–Crippen LogP) is 2.06. The average Bonchev–Trinajstić information content (AvgIpc) is 2.25. The summed E-state index contributed by atoms with van der Waals surface area (Å²) in [5, 5.41) is 0. The molecule has 92 valence electrons. The standard InChI is InChI=1S/C12H20O4/c1-4-5-6-7-8-15-10(13)9-12(2,3)11(14)16-9/h9H,4-8H2,1-3H3/t9-/m1/s1. The maximum atomic E-state index is 11.5. The number of ether oxygens (including phenoxy) is 2. The number of esters is 2.